The molecule has 2 aromatic carbocycles. The molecule has 0 aliphatic carbocycles. The minimum absolute atomic E-state index is 0.0921. The summed E-state index contributed by atoms with van der Waals surface area (Å²) in [6, 6.07) is 14.0. The van der Waals surface area contributed by atoms with Crippen molar-refractivity contribution in [2.75, 3.05) is 7.05 Å². The van der Waals surface area contributed by atoms with E-state index in [-0.39, 0.29) is 12.5 Å². The lowest BCUT2D eigenvalue weighted by atomic mass is 10.00. The monoisotopic (exact) mass is 229 g/mol. The van der Waals surface area contributed by atoms with E-state index in [2.05, 4.69) is 5.32 Å². The second kappa shape index (κ2) is 4.97. The van der Waals surface area contributed by atoms with Gasteiger partial charge in [-0.25, -0.2) is 0 Å². The van der Waals surface area contributed by atoms with Crippen LogP contribution in [-0.2, 0) is 4.79 Å². The van der Waals surface area contributed by atoms with Crippen LogP contribution in [0.5, 0.6) is 0 Å². The van der Waals surface area contributed by atoms with Crippen molar-refractivity contribution in [1.82, 2.24) is 5.32 Å². The van der Waals surface area contributed by atoms with Gasteiger partial charge in [-0.1, -0.05) is 36.4 Å². The Morgan fingerprint density at radius 2 is 1.94 bits per heavy atom. The van der Waals surface area contributed by atoms with Gasteiger partial charge >= 0.3 is 5.97 Å². The van der Waals surface area contributed by atoms with Crippen molar-refractivity contribution in [1.29, 1.82) is 0 Å². The minimum atomic E-state index is -0.794. The van der Waals surface area contributed by atoms with Crippen LogP contribution >= 0.6 is 0 Å². The van der Waals surface area contributed by atoms with E-state index < -0.39 is 5.97 Å². The van der Waals surface area contributed by atoms with E-state index in [1.54, 1.807) is 7.05 Å². The van der Waals surface area contributed by atoms with Gasteiger partial charge in [0.2, 0.25) is 0 Å². The molecule has 88 valence electrons. The molecule has 2 aromatic rings. The Kier molecular flexibility index (Phi) is 3.40. The van der Waals surface area contributed by atoms with Gasteiger partial charge in [0.25, 0.3) is 0 Å². The fourth-order valence-corrected chi connectivity index (χ4v) is 1.99. The quantitative estimate of drug-likeness (QED) is 0.847. The Balaban J connectivity index is 2.37. The maximum atomic E-state index is 10.8. The first-order valence-corrected chi connectivity index (χ1v) is 5.58. The standard InChI is InChI=1S/C14H15NO2/c1-15-13(9-14(16)17)12-7-6-10-4-2-3-5-11(10)8-12/h2-8,13,15H,9H2,1H3,(H,16,17). The molecule has 1 atom stereocenters. The molecule has 0 spiro atoms. The van der Waals surface area contributed by atoms with Crippen LogP contribution in [0, 0.1) is 0 Å². The van der Waals surface area contributed by atoms with Crippen LogP contribution in [0.3, 0.4) is 0 Å². The summed E-state index contributed by atoms with van der Waals surface area (Å²) in [6.07, 6.45) is 0.0921. The number of fused-ring (bicyclic) bond motifs is 1. The molecule has 0 bridgehead atoms. The molecule has 0 aliphatic heterocycles. The van der Waals surface area contributed by atoms with Crippen molar-refractivity contribution in [2.45, 2.75) is 12.5 Å². The minimum Gasteiger partial charge on any atom is -0.481 e. The predicted octanol–water partition coefficient (Wildman–Crippen LogP) is 2.58. The number of hydrogen-bond donors (Lipinski definition) is 2. The summed E-state index contributed by atoms with van der Waals surface area (Å²) < 4.78 is 0. The summed E-state index contributed by atoms with van der Waals surface area (Å²) in [4.78, 5) is 10.8. The summed E-state index contributed by atoms with van der Waals surface area (Å²) in [5, 5.41) is 14.2. The molecule has 3 heteroatoms. The van der Waals surface area contributed by atoms with Crippen LogP contribution in [0.4, 0.5) is 0 Å². The van der Waals surface area contributed by atoms with E-state index >= 15 is 0 Å². The van der Waals surface area contributed by atoms with Crippen molar-refractivity contribution >= 4 is 16.7 Å². The van der Waals surface area contributed by atoms with Gasteiger partial charge < -0.3 is 10.4 Å². The molecular weight excluding hydrogens is 214 g/mol. The number of aliphatic carboxylic acids is 1. The molecule has 17 heavy (non-hydrogen) atoms. The lowest BCUT2D eigenvalue weighted by molar-refractivity contribution is -0.137. The Bertz CT molecular complexity index is 536. The molecule has 1 unspecified atom stereocenters. The van der Waals surface area contributed by atoms with Crippen molar-refractivity contribution in [3.63, 3.8) is 0 Å². The van der Waals surface area contributed by atoms with Gasteiger partial charge in [0.15, 0.2) is 0 Å². The predicted molar refractivity (Wildman–Crippen MR) is 68.0 cm³/mol. The van der Waals surface area contributed by atoms with E-state index in [1.807, 2.05) is 42.5 Å². The zero-order chi connectivity index (χ0) is 12.3. The van der Waals surface area contributed by atoms with Crippen molar-refractivity contribution in [3.8, 4) is 0 Å². The van der Waals surface area contributed by atoms with Gasteiger partial charge in [0.05, 0.1) is 6.42 Å². The zero-order valence-corrected chi connectivity index (χ0v) is 9.68. The second-order valence-corrected chi connectivity index (χ2v) is 4.05. The average molecular weight is 229 g/mol. The van der Waals surface area contributed by atoms with Crippen LogP contribution in [0.1, 0.15) is 18.0 Å². The van der Waals surface area contributed by atoms with Crippen LogP contribution in [0.2, 0.25) is 0 Å². The first kappa shape index (κ1) is 11.6. The molecule has 0 heterocycles. The summed E-state index contributed by atoms with van der Waals surface area (Å²) in [5.41, 5.74) is 1.01. The number of carboxylic acid groups (broad SMARTS) is 1. The molecule has 0 amide bonds. The average Bonchev–Trinajstić information content (AvgIpc) is 2.35. The number of nitrogens with one attached hydrogen (secondary N) is 1. The highest BCUT2D eigenvalue weighted by molar-refractivity contribution is 5.83. The van der Waals surface area contributed by atoms with Crippen LogP contribution < -0.4 is 5.32 Å². The van der Waals surface area contributed by atoms with Gasteiger partial charge in [-0.15, -0.1) is 0 Å². The third-order valence-electron chi connectivity index (χ3n) is 2.90. The first-order chi connectivity index (χ1) is 8.20. The van der Waals surface area contributed by atoms with Crippen LogP contribution in [0.25, 0.3) is 10.8 Å². The highest BCUT2D eigenvalue weighted by Crippen LogP contribution is 2.22. The van der Waals surface area contributed by atoms with Gasteiger partial charge in [0, 0.05) is 6.04 Å². The van der Waals surface area contributed by atoms with Crippen LogP contribution in [-0.4, -0.2) is 18.1 Å². The van der Waals surface area contributed by atoms with E-state index in [0.717, 1.165) is 10.9 Å². The molecule has 0 radical (unpaired) electrons. The normalized spacial score (nSPS) is 12.5. The number of carboxylic acids is 1. The lowest BCUT2D eigenvalue weighted by Gasteiger charge is -2.14. The first-order valence-electron chi connectivity index (χ1n) is 5.58. The molecule has 0 saturated carbocycles. The smallest absolute Gasteiger partial charge is 0.305 e. The third-order valence-corrected chi connectivity index (χ3v) is 2.90. The highest BCUT2D eigenvalue weighted by Gasteiger charge is 2.13. The van der Waals surface area contributed by atoms with E-state index in [4.69, 9.17) is 5.11 Å². The molecule has 0 saturated heterocycles. The fourth-order valence-electron chi connectivity index (χ4n) is 1.99. The number of carbonyl (C=O) groups is 1. The van der Waals surface area contributed by atoms with E-state index in [0.29, 0.717) is 0 Å². The van der Waals surface area contributed by atoms with Crippen LogP contribution in [0.15, 0.2) is 42.5 Å². The number of benzene rings is 2. The SMILES string of the molecule is CNC(CC(=O)O)c1ccc2ccccc2c1. The summed E-state index contributed by atoms with van der Waals surface area (Å²) in [5.74, 6) is -0.794. The maximum Gasteiger partial charge on any atom is 0.305 e. The summed E-state index contributed by atoms with van der Waals surface area (Å²) in [7, 11) is 1.78. The number of rotatable bonds is 4. The Morgan fingerprint density at radius 3 is 2.59 bits per heavy atom. The van der Waals surface area contributed by atoms with Crippen molar-refractivity contribution in [2.24, 2.45) is 0 Å². The fraction of sp³-hybridized carbons (Fsp3) is 0.214. The van der Waals surface area contributed by atoms with E-state index in [1.165, 1.54) is 5.39 Å². The van der Waals surface area contributed by atoms with Crippen molar-refractivity contribution < 1.29 is 9.90 Å². The Labute approximate surface area is 100 Å². The summed E-state index contributed by atoms with van der Waals surface area (Å²) in [6.45, 7) is 0. The molecule has 0 aromatic heterocycles. The van der Waals surface area contributed by atoms with Gasteiger partial charge in [0.1, 0.15) is 0 Å². The molecule has 2 N–H and O–H groups in total. The van der Waals surface area contributed by atoms with E-state index in [9.17, 15) is 4.79 Å². The molecule has 0 fully saturated rings. The van der Waals surface area contributed by atoms with Gasteiger partial charge in [-0.3, -0.25) is 4.79 Å². The number of hydrogen-bond acceptors (Lipinski definition) is 2. The third kappa shape index (κ3) is 2.63. The lowest BCUT2D eigenvalue weighted by Crippen LogP contribution is -2.19. The zero-order valence-electron chi connectivity index (χ0n) is 9.68. The highest BCUT2D eigenvalue weighted by atomic mass is 16.4. The molecule has 3 nitrogen and oxygen atoms in total. The Hall–Kier alpha value is -1.87. The maximum absolute atomic E-state index is 10.8. The molecule has 0 aliphatic rings. The van der Waals surface area contributed by atoms with Crippen molar-refractivity contribution in [3.05, 3.63) is 48.0 Å². The summed E-state index contributed by atoms with van der Waals surface area (Å²) >= 11 is 0. The van der Waals surface area contributed by atoms with Gasteiger partial charge in [-0.2, -0.15) is 0 Å². The van der Waals surface area contributed by atoms with Gasteiger partial charge in [-0.05, 0) is 29.4 Å². The Morgan fingerprint density at radius 1 is 1.24 bits per heavy atom. The molecular formula is C14H15NO2. The molecule has 2 rings (SSSR count). The largest absolute Gasteiger partial charge is 0.481 e. The second-order valence-electron chi connectivity index (χ2n) is 4.05. The topological polar surface area (TPSA) is 49.3 Å².